The molecule has 1 heterocycles. The van der Waals surface area contributed by atoms with Gasteiger partial charge in [-0.05, 0) is 30.2 Å². The Morgan fingerprint density at radius 2 is 1.18 bits per heavy atom. The van der Waals surface area contributed by atoms with Gasteiger partial charge in [0.05, 0.1) is 11.0 Å². The summed E-state index contributed by atoms with van der Waals surface area (Å²) in [4.78, 5) is 0. The lowest BCUT2D eigenvalue weighted by atomic mass is 10.1. The summed E-state index contributed by atoms with van der Waals surface area (Å²) in [6.45, 7) is 2.17. The molecule has 0 bridgehead atoms. The van der Waals surface area contributed by atoms with Crippen molar-refractivity contribution >= 4 is 33.6 Å². The van der Waals surface area contributed by atoms with Gasteiger partial charge in [0, 0.05) is 17.0 Å². The first kappa shape index (κ1) is 12.9. The van der Waals surface area contributed by atoms with Gasteiger partial charge in [-0.3, -0.25) is 0 Å². The van der Waals surface area contributed by atoms with E-state index in [2.05, 4.69) is 96.6 Å². The Kier molecular flexibility index (Phi) is 3.05. The molecule has 0 saturated heterocycles. The fraction of sp³-hybridized carbons (Fsp3) is 0.0476. The highest BCUT2D eigenvalue weighted by Crippen LogP contribution is 2.30. The zero-order valence-corrected chi connectivity index (χ0v) is 12.5. The van der Waals surface area contributed by atoms with E-state index >= 15 is 0 Å². The summed E-state index contributed by atoms with van der Waals surface area (Å²) < 4.78 is 2.30. The van der Waals surface area contributed by atoms with Gasteiger partial charge in [-0.2, -0.15) is 0 Å². The predicted molar refractivity (Wildman–Crippen MR) is 95.7 cm³/mol. The third-order valence-corrected chi connectivity index (χ3v) is 4.17. The monoisotopic (exact) mass is 283 g/mol. The lowest BCUT2D eigenvalue weighted by molar-refractivity contribution is 1.29. The van der Waals surface area contributed by atoms with Gasteiger partial charge in [-0.25, -0.2) is 0 Å². The van der Waals surface area contributed by atoms with E-state index < -0.39 is 0 Å². The van der Waals surface area contributed by atoms with Crippen LogP contribution in [0, 0.1) is 0 Å². The number of hydrogen-bond donors (Lipinski definition) is 0. The SMILES string of the molecule is CC(=Cn1c2ccccc2c2ccccc21)c1ccccc1. The first-order valence-electron chi connectivity index (χ1n) is 7.56. The van der Waals surface area contributed by atoms with Gasteiger partial charge < -0.3 is 4.57 Å². The lowest BCUT2D eigenvalue weighted by Gasteiger charge is -2.05. The van der Waals surface area contributed by atoms with Crippen molar-refractivity contribution in [2.24, 2.45) is 0 Å². The highest BCUT2D eigenvalue weighted by molar-refractivity contribution is 6.09. The van der Waals surface area contributed by atoms with Crippen molar-refractivity contribution in [3.05, 3.63) is 84.4 Å². The number of nitrogens with zero attached hydrogens (tertiary/aromatic N) is 1. The molecule has 4 rings (SSSR count). The fourth-order valence-corrected chi connectivity index (χ4v) is 3.06. The van der Waals surface area contributed by atoms with Crippen molar-refractivity contribution in [2.75, 3.05) is 0 Å². The van der Waals surface area contributed by atoms with Crippen LogP contribution in [0.25, 0.3) is 33.6 Å². The summed E-state index contributed by atoms with van der Waals surface area (Å²) in [6, 6.07) is 27.7. The first-order chi connectivity index (χ1) is 10.8. The molecule has 106 valence electrons. The van der Waals surface area contributed by atoms with E-state index in [0.29, 0.717) is 0 Å². The number of allylic oxidation sites excluding steroid dienone is 1. The van der Waals surface area contributed by atoms with E-state index in [0.717, 1.165) is 0 Å². The quantitative estimate of drug-likeness (QED) is 0.437. The van der Waals surface area contributed by atoms with Crippen LogP contribution in [0.15, 0.2) is 78.9 Å². The summed E-state index contributed by atoms with van der Waals surface area (Å²) in [5, 5.41) is 2.60. The van der Waals surface area contributed by atoms with Crippen molar-refractivity contribution in [1.82, 2.24) is 4.57 Å². The Bertz CT molecular complexity index is 921. The number of aromatic nitrogens is 1. The molecule has 0 saturated carbocycles. The first-order valence-corrected chi connectivity index (χ1v) is 7.56. The van der Waals surface area contributed by atoms with E-state index in [9.17, 15) is 0 Å². The van der Waals surface area contributed by atoms with Crippen molar-refractivity contribution in [3.8, 4) is 0 Å². The summed E-state index contributed by atoms with van der Waals surface area (Å²) in [6.07, 6.45) is 2.24. The second-order valence-corrected chi connectivity index (χ2v) is 5.58. The molecular formula is C21H17N. The maximum absolute atomic E-state index is 2.30. The molecule has 1 nitrogen and oxygen atoms in total. The molecular weight excluding hydrogens is 266 g/mol. The van der Waals surface area contributed by atoms with Crippen molar-refractivity contribution in [3.63, 3.8) is 0 Å². The molecule has 0 N–H and O–H groups in total. The average molecular weight is 283 g/mol. The molecule has 1 aromatic heterocycles. The Balaban J connectivity index is 2.01. The van der Waals surface area contributed by atoms with Crippen LogP contribution in [0.2, 0.25) is 0 Å². The molecule has 0 amide bonds. The molecule has 0 aliphatic heterocycles. The average Bonchev–Trinajstić information content (AvgIpc) is 2.90. The minimum Gasteiger partial charge on any atom is -0.316 e. The number of hydrogen-bond acceptors (Lipinski definition) is 0. The predicted octanol–water partition coefficient (Wildman–Crippen LogP) is 5.81. The second kappa shape index (κ2) is 5.19. The second-order valence-electron chi connectivity index (χ2n) is 5.58. The van der Waals surface area contributed by atoms with Crippen LogP contribution in [0.4, 0.5) is 0 Å². The third-order valence-electron chi connectivity index (χ3n) is 4.17. The van der Waals surface area contributed by atoms with Crippen LogP contribution < -0.4 is 0 Å². The molecule has 4 aromatic rings. The Morgan fingerprint density at radius 3 is 1.77 bits per heavy atom. The van der Waals surface area contributed by atoms with Gasteiger partial charge >= 0.3 is 0 Å². The molecule has 0 atom stereocenters. The van der Waals surface area contributed by atoms with E-state index in [-0.39, 0.29) is 0 Å². The van der Waals surface area contributed by atoms with Gasteiger partial charge in [0.2, 0.25) is 0 Å². The zero-order chi connectivity index (χ0) is 14.9. The Labute approximate surface area is 130 Å². The number of rotatable bonds is 2. The molecule has 22 heavy (non-hydrogen) atoms. The number of fused-ring (bicyclic) bond motifs is 3. The van der Waals surface area contributed by atoms with Crippen LogP contribution >= 0.6 is 0 Å². The highest BCUT2D eigenvalue weighted by atomic mass is 15.0. The molecule has 0 spiro atoms. The minimum atomic E-state index is 1.25. The van der Waals surface area contributed by atoms with Gasteiger partial charge in [-0.1, -0.05) is 66.7 Å². The van der Waals surface area contributed by atoms with E-state index in [1.54, 1.807) is 0 Å². The lowest BCUT2D eigenvalue weighted by Crippen LogP contribution is -1.88. The standard InChI is InChI=1S/C21H17N/c1-16(17-9-3-2-4-10-17)15-22-20-13-7-5-11-18(20)19-12-6-8-14-21(19)22/h2-15H,1H3. The molecule has 0 fully saturated rings. The minimum absolute atomic E-state index is 1.25. The van der Waals surface area contributed by atoms with Crippen molar-refractivity contribution < 1.29 is 0 Å². The molecule has 0 aliphatic rings. The van der Waals surface area contributed by atoms with Crippen LogP contribution in [-0.4, -0.2) is 4.57 Å². The van der Waals surface area contributed by atoms with Gasteiger partial charge in [0.1, 0.15) is 0 Å². The summed E-state index contributed by atoms with van der Waals surface area (Å²) in [5.74, 6) is 0. The van der Waals surface area contributed by atoms with Crippen LogP contribution in [-0.2, 0) is 0 Å². The third kappa shape index (κ3) is 2.03. The van der Waals surface area contributed by atoms with Crippen molar-refractivity contribution in [1.29, 1.82) is 0 Å². The maximum atomic E-state index is 2.30. The van der Waals surface area contributed by atoms with E-state index in [1.165, 1.54) is 32.9 Å². The number of benzene rings is 3. The Hall–Kier alpha value is -2.80. The van der Waals surface area contributed by atoms with Crippen molar-refractivity contribution in [2.45, 2.75) is 6.92 Å². The van der Waals surface area contributed by atoms with Crippen LogP contribution in [0.1, 0.15) is 12.5 Å². The summed E-state index contributed by atoms with van der Waals surface area (Å²) >= 11 is 0. The highest BCUT2D eigenvalue weighted by Gasteiger charge is 2.08. The fourth-order valence-electron chi connectivity index (χ4n) is 3.06. The Morgan fingerprint density at radius 1 is 0.682 bits per heavy atom. The molecule has 0 unspecified atom stereocenters. The maximum Gasteiger partial charge on any atom is 0.0535 e. The topological polar surface area (TPSA) is 4.93 Å². The van der Waals surface area contributed by atoms with Gasteiger partial charge in [-0.15, -0.1) is 0 Å². The summed E-state index contributed by atoms with van der Waals surface area (Å²) in [5.41, 5.74) is 5.01. The normalized spacial score (nSPS) is 12.1. The summed E-state index contributed by atoms with van der Waals surface area (Å²) in [7, 11) is 0. The van der Waals surface area contributed by atoms with Crippen LogP contribution in [0.5, 0.6) is 0 Å². The largest absolute Gasteiger partial charge is 0.316 e. The molecule has 1 heteroatoms. The smallest absolute Gasteiger partial charge is 0.0535 e. The molecule has 3 aromatic carbocycles. The molecule has 0 radical (unpaired) electrons. The van der Waals surface area contributed by atoms with Gasteiger partial charge in [0.15, 0.2) is 0 Å². The van der Waals surface area contributed by atoms with Crippen LogP contribution in [0.3, 0.4) is 0 Å². The van der Waals surface area contributed by atoms with E-state index in [1.807, 2.05) is 0 Å². The zero-order valence-electron chi connectivity index (χ0n) is 12.5. The number of para-hydroxylation sites is 2. The van der Waals surface area contributed by atoms with E-state index in [4.69, 9.17) is 0 Å². The van der Waals surface area contributed by atoms with Gasteiger partial charge in [0.25, 0.3) is 0 Å². The molecule has 0 aliphatic carbocycles.